The molecule has 1 aliphatic rings. The smallest absolute Gasteiger partial charge is 0.162 e. The van der Waals surface area contributed by atoms with Gasteiger partial charge in [-0.3, -0.25) is 0 Å². The van der Waals surface area contributed by atoms with Crippen molar-refractivity contribution in [3.05, 3.63) is 41.1 Å². The lowest BCUT2D eigenvalue weighted by molar-refractivity contribution is 0.0214. The third-order valence-electron chi connectivity index (χ3n) is 4.49. The van der Waals surface area contributed by atoms with Crippen molar-refractivity contribution in [1.29, 1.82) is 0 Å². The molecule has 0 aliphatic carbocycles. The molecule has 130 valence electrons. The normalized spacial score (nSPS) is 18.0. The molecule has 2 aromatic heterocycles. The number of anilines is 1. The Kier molecular flexibility index (Phi) is 4.92. The lowest BCUT2D eigenvalue weighted by Crippen LogP contribution is -2.40. The number of benzene rings is 1. The monoisotopic (exact) mass is 355 g/mol. The summed E-state index contributed by atoms with van der Waals surface area (Å²) in [6.45, 7) is 2.21. The molecule has 1 saturated heterocycles. The van der Waals surface area contributed by atoms with Crippen LogP contribution in [0.3, 0.4) is 0 Å². The van der Waals surface area contributed by atoms with E-state index >= 15 is 0 Å². The highest BCUT2D eigenvalue weighted by atomic mass is 32.1. The number of piperidine rings is 1. The van der Waals surface area contributed by atoms with Crippen LogP contribution in [-0.2, 0) is 4.74 Å². The molecule has 0 bridgehead atoms. The molecule has 6 heteroatoms. The molecule has 25 heavy (non-hydrogen) atoms. The molecule has 0 amide bonds. The predicted octanol–water partition coefficient (Wildman–Crippen LogP) is 3.34. The Labute approximate surface area is 150 Å². The van der Waals surface area contributed by atoms with E-state index < -0.39 is 0 Å². The van der Waals surface area contributed by atoms with Crippen LogP contribution in [0.4, 0.5) is 5.82 Å². The van der Waals surface area contributed by atoms with Gasteiger partial charge in [-0.25, -0.2) is 9.97 Å². The summed E-state index contributed by atoms with van der Waals surface area (Å²) in [5.41, 5.74) is 2.02. The van der Waals surface area contributed by atoms with Crippen molar-refractivity contribution in [2.24, 2.45) is 0 Å². The summed E-state index contributed by atoms with van der Waals surface area (Å²) < 4.78 is 5.76. The first-order valence-corrected chi connectivity index (χ1v) is 9.56. The fraction of sp³-hybridized carbons (Fsp3) is 0.368. The molecule has 1 atom stereocenters. The molecule has 4 rings (SSSR count). The SMILES string of the molecule is OCCOC1CCCN(c2nc(-c3ccsc3)nc3ccccc23)C1. The number of aliphatic hydroxyl groups excluding tert-OH is 1. The minimum Gasteiger partial charge on any atom is -0.394 e. The van der Waals surface area contributed by atoms with Crippen molar-refractivity contribution in [1.82, 2.24) is 9.97 Å². The number of aromatic nitrogens is 2. The third-order valence-corrected chi connectivity index (χ3v) is 5.17. The number of ether oxygens (including phenoxy) is 1. The van der Waals surface area contributed by atoms with Crippen molar-refractivity contribution >= 4 is 28.1 Å². The number of fused-ring (bicyclic) bond motifs is 1. The number of thiophene rings is 1. The molecule has 1 aliphatic heterocycles. The Hall–Kier alpha value is -2.02. The van der Waals surface area contributed by atoms with Gasteiger partial charge >= 0.3 is 0 Å². The first kappa shape index (κ1) is 16.4. The lowest BCUT2D eigenvalue weighted by atomic mass is 10.1. The standard InChI is InChI=1S/C19H21N3O2S/c23-9-10-24-15-4-3-8-22(12-15)19-16-5-1-2-6-17(16)20-18(21-19)14-7-11-25-13-14/h1-2,5-7,11,13,15,23H,3-4,8-10,12H2. The predicted molar refractivity (Wildman–Crippen MR) is 101 cm³/mol. The molecular formula is C19H21N3O2S. The number of hydrogen-bond donors (Lipinski definition) is 1. The zero-order chi connectivity index (χ0) is 17.1. The third kappa shape index (κ3) is 3.51. The Morgan fingerprint density at radius 1 is 1.24 bits per heavy atom. The highest BCUT2D eigenvalue weighted by Gasteiger charge is 2.23. The summed E-state index contributed by atoms with van der Waals surface area (Å²) in [6, 6.07) is 10.2. The summed E-state index contributed by atoms with van der Waals surface area (Å²) in [7, 11) is 0. The lowest BCUT2D eigenvalue weighted by Gasteiger charge is -2.34. The number of aliphatic hydroxyl groups is 1. The molecule has 1 unspecified atom stereocenters. The average Bonchev–Trinajstić information content (AvgIpc) is 3.20. The van der Waals surface area contributed by atoms with Gasteiger partial charge in [0, 0.05) is 29.4 Å². The Bertz CT molecular complexity index is 838. The maximum Gasteiger partial charge on any atom is 0.162 e. The summed E-state index contributed by atoms with van der Waals surface area (Å²) in [6.07, 6.45) is 2.22. The Morgan fingerprint density at radius 3 is 3.00 bits per heavy atom. The van der Waals surface area contributed by atoms with E-state index in [1.807, 2.05) is 23.6 Å². The Morgan fingerprint density at radius 2 is 2.16 bits per heavy atom. The summed E-state index contributed by atoms with van der Waals surface area (Å²) in [4.78, 5) is 11.9. The molecule has 1 N–H and O–H groups in total. The van der Waals surface area contributed by atoms with Crippen LogP contribution in [0.5, 0.6) is 0 Å². The summed E-state index contributed by atoms with van der Waals surface area (Å²) in [5.74, 6) is 1.75. The van der Waals surface area contributed by atoms with E-state index in [1.165, 1.54) is 0 Å². The fourth-order valence-electron chi connectivity index (χ4n) is 3.31. The van der Waals surface area contributed by atoms with E-state index in [2.05, 4.69) is 22.4 Å². The van der Waals surface area contributed by atoms with Crippen LogP contribution in [0.25, 0.3) is 22.3 Å². The first-order valence-electron chi connectivity index (χ1n) is 8.62. The summed E-state index contributed by atoms with van der Waals surface area (Å²) in [5, 5.41) is 14.2. The van der Waals surface area contributed by atoms with Gasteiger partial charge in [0.15, 0.2) is 5.82 Å². The van der Waals surface area contributed by atoms with E-state index in [-0.39, 0.29) is 12.7 Å². The van der Waals surface area contributed by atoms with Crippen LogP contribution >= 0.6 is 11.3 Å². The van der Waals surface area contributed by atoms with Crippen molar-refractivity contribution in [3.8, 4) is 11.4 Å². The van der Waals surface area contributed by atoms with Gasteiger partial charge in [-0.1, -0.05) is 12.1 Å². The van der Waals surface area contributed by atoms with Crippen LogP contribution in [0.2, 0.25) is 0 Å². The van der Waals surface area contributed by atoms with Crippen molar-refractivity contribution in [2.45, 2.75) is 18.9 Å². The number of para-hydroxylation sites is 1. The van der Waals surface area contributed by atoms with Crippen LogP contribution < -0.4 is 4.90 Å². The quantitative estimate of drug-likeness (QED) is 0.761. The van der Waals surface area contributed by atoms with E-state index in [1.54, 1.807) is 11.3 Å². The maximum absolute atomic E-state index is 9.00. The van der Waals surface area contributed by atoms with Crippen molar-refractivity contribution in [2.75, 3.05) is 31.2 Å². The van der Waals surface area contributed by atoms with Gasteiger partial charge < -0.3 is 14.7 Å². The minimum absolute atomic E-state index is 0.0647. The number of hydrogen-bond acceptors (Lipinski definition) is 6. The molecule has 1 fully saturated rings. The second-order valence-corrected chi connectivity index (χ2v) is 6.98. The zero-order valence-corrected chi connectivity index (χ0v) is 14.8. The highest BCUT2D eigenvalue weighted by molar-refractivity contribution is 7.08. The maximum atomic E-state index is 9.00. The largest absolute Gasteiger partial charge is 0.394 e. The van der Waals surface area contributed by atoms with E-state index in [0.29, 0.717) is 6.61 Å². The molecule has 0 radical (unpaired) electrons. The van der Waals surface area contributed by atoms with Crippen LogP contribution in [-0.4, -0.2) is 47.5 Å². The van der Waals surface area contributed by atoms with Crippen molar-refractivity contribution in [3.63, 3.8) is 0 Å². The van der Waals surface area contributed by atoms with Gasteiger partial charge in [-0.05, 0) is 36.4 Å². The molecule has 5 nitrogen and oxygen atoms in total. The molecule has 0 saturated carbocycles. The highest BCUT2D eigenvalue weighted by Crippen LogP contribution is 2.30. The average molecular weight is 355 g/mol. The van der Waals surface area contributed by atoms with Gasteiger partial charge in [0.2, 0.25) is 0 Å². The van der Waals surface area contributed by atoms with Crippen LogP contribution in [0.15, 0.2) is 41.1 Å². The first-order chi connectivity index (χ1) is 12.3. The number of rotatable bonds is 5. The fourth-order valence-corrected chi connectivity index (χ4v) is 3.94. The van der Waals surface area contributed by atoms with Gasteiger partial charge in [0.1, 0.15) is 5.82 Å². The van der Waals surface area contributed by atoms with Crippen LogP contribution in [0.1, 0.15) is 12.8 Å². The Balaban J connectivity index is 1.72. The molecule has 3 heterocycles. The van der Waals surface area contributed by atoms with Gasteiger partial charge in [0.05, 0.1) is 24.8 Å². The number of nitrogens with zero attached hydrogens (tertiary/aromatic N) is 3. The molecule has 3 aromatic rings. The molecule has 1 aromatic carbocycles. The molecule has 0 spiro atoms. The second kappa shape index (κ2) is 7.47. The second-order valence-electron chi connectivity index (χ2n) is 6.20. The van der Waals surface area contributed by atoms with Crippen molar-refractivity contribution < 1.29 is 9.84 Å². The minimum atomic E-state index is 0.0647. The molecular weight excluding hydrogens is 334 g/mol. The topological polar surface area (TPSA) is 58.5 Å². The van der Waals surface area contributed by atoms with Gasteiger partial charge in [-0.15, -0.1) is 0 Å². The zero-order valence-electron chi connectivity index (χ0n) is 14.0. The van der Waals surface area contributed by atoms with Gasteiger partial charge in [-0.2, -0.15) is 11.3 Å². The van der Waals surface area contributed by atoms with E-state index in [0.717, 1.165) is 54.0 Å². The van der Waals surface area contributed by atoms with E-state index in [9.17, 15) is 0 Å². The summed E-state index contributed by atoms with van der Waals surface area (Å²) >= 11 is 1.65. The van der Waals surface area contributed by atoms with Crippen LogP contribution in [0, 0.1) is 0 Å². The van der Waals surface area contributed by atoms with E-state index in [4.69, 9.17) is 19.8 Å². The van der Waals surface area contributed by atoms with Gasteiger partial charge in [0.25, 0.3) is 0 Å².